The fraction of sp³-hybridized carbons (Fsp3) is 1.00. The summed E-state index contributed by atoms with van der Waals surface area (Å²) < 4.78 is 6.54. The molecule has 0 spiro atoms. The third kappa shape index (κ3) is 4.63. The van der Waals surface area contributed by atoms with Gasteiger partial charge in [0.15, 0.2) is 8.32 Å². The van der Waals surface area contributed by atoms with Crippen LogP contribution in [0.5, 0.6) is 0 Å². The van der Waals surface area contributed by atoms with Gasteiger partial charge in [0.25, 0.3) is 0 Å². The van der Waals surface area contributed by atoms with Crippen LogP contribution in [0.3, 0.4) is 0 Å². The standard InChI is InChI=1S/C13H28Br2OSi/c1-10(2)17(11(3)4,12(5)6)16-9-13(7-14)8-15/h10-13H,7-9H2,1-6H3. The van der Waals surface area contributed by atoms with E-state index in [1.165, 1.54) is 0 Å². The topological polar surface area (TPSA) is 9.23 Å². The highest BCUT2D eigenvalue weighted by molar-refractivity contribution is 9.09. The lowest BCUT2D eigenvalue weighted by Gasteiger charge is -2.42. The summed E-state index contributed by atoms with van der Waals surface area (Å²) >= 11 is 7.12. The van der Waals surface area contributed by atoms with Crippen molar-refractivity contribution >= 4 is 40.2 Å². The minimum atomic E-state index is -1.66. The molecule has 0 N–H and O–H groups in total. The maximum absolute atomic E-state index is 6.54. The van der Waals surface area contributed by atoms with Crippen molar-refractivity contribution in [2.24, 2.45) is 5.92 Å². The first-order chi connectivity index (χ1) is 7.82. The van der Waals surface area contributed by atoms with E-state index in [9.17, 15) is 0 Å². The smallest absolute Gasteiger partial charge is 0.200 e. The molecule has 0 radical (unpaired) electrons. The highest BCUT2D eigenvalue weighted by Gasteiger charge is 2.45. The molecule has 0 atom stereocenters. The quantitative estimate of drug-likeness (QED) is 0.389. The second-order valence-electron chi connectivity index (χ2n) is 5.80. The number of hydrogen-bond donors (Lipinski definition) is 0. The second kappa shape index (κ2) is 8.34. The van der Waals surface area contributed by atoms with Crippen LogP contribution in [0.15, 0.2) is 0 Å². The van der Waals surface area contributed by atoms with Gasteiger partial charge in [0.2, 0.25) is 0 Å². The van der Waals surface area contributed by atoms with Gasteiger partial charge in [-0.2, -0.15) is 0 Å². The lowest BCUT2D eigenvalue weighted by molar-refractivity contribution is 0.243. The molecule has 0 amide bonds. The second-order valence-corrected chi connectivity index (χ2v) is 12.6. The molecule has 0 aromatic carbocycles. The van der Waals surface area contributed by atoms with Crippen LogP contribution in [0.4, 0.5) is 0 Å². The van der Waals surface area contributed by atoms with Gasteiger partial charge in [-0.15, -0.1) is 0 Å². The van der Waals surface area contributed by atoms with Crippen molar-refractivity contribution < 1.29 is 4.43 Å². The third-order valence-electron chi connectivity index (χ3n) is 3.71. The maximum atomic E-state index is 6.54. The van der Waals surface area contributed by atoms with Crippen molar-refractivity contribution in [3.05, 3.63) is 0 Å². The minimum Gasteiger partial charge on any atom is -0.416 e. The van der Waals surface area contributed by atoms with Crippen LogP contribution < -0.4 is 0 Å². The van der Waals surface area contributed by atoms with Gasteiger partial charge < -0.3 is 4.43 Å². The molecule has 4 heteroatoms. The zero-order chi connectivity index (χ0) is 13.6. The molecular formula is C13H28Br2OSi. The molecule has 0 aliphatic carbocycles. The summed E-state index contributed by atoms with van der Waals surface area (Å²) in [6.45, 7) is 14.9. The van der Waals surface area contributed by atoms with E-state index in [-0.39, 0.29) is 0 Å². The Bertz CT molecular complexity index is 182. The summed E-state index contributed by atoms with van der Waals surface area (Å²) in [5, 5.41) is 2.02. The largest absolute Gasteiger partial charge is 0.416 e. The SMILES string of the molecule is CC(C)[Si](OCC(CBr)CBr)(C(C)C)C(C)C. The van der Waals surface area contributed by atoms with Crippen molar-refractivity contribution in [1.82, 2.24) is 0 Å². The zero-order valence-electron chi connectivity index (χ0n) is 12.1. The lowest BCUT2D eigenvalue weighted by atomic mass is 10.2. The molecule has 0 saturated heterocycles. The van der Waals surface area contributed by atoms with Gasteiger partial charge in [-0.1, -0.05) is 73.4 Å². The number of halogens is 2. The molecule has 17 heavy (non-hydrogen) atoms. The number of rotatable bonds is 8. The van der Waals surface area contributed by atoms with Gasteiger partial charge in [0.1, 0.15) is 0 Å². The Morgan fingerprint density at radius 2 is 1.18 bits per heavy atom. The van der Waals surface area contributed by atoms with Crippen LogP contribution >= 0.6 is 31.9 Å². The van der Waals surface area contributed by atoms with Crippen molar-refractivity contribution in [1.29, 1.82) is 0 Å². The van der Waals surface area contributed by atoms with E-state index in [2.05, 4.69) is 73.4 Å². The van der Waals surface area contributed by atoms with Crippen LogP contribution in [-0.4, -0.2) is 25.6 Å². The normalized spacial score (nSPS) is 13.4. The van der Waals surface area contributed by atoms with E-state index in [0.717, 1.165) is 17.3 Å². The fourth-order valence-corrected chi connectivity index (χ4v) is 9.86. The van der Waals surface area contributed by atoms with Gasteiger partial charge >= 0.3 is 0 Å². The Morgan fingerprint density at radius 3 is 1.41 bits per heavy atom. The fourth-order valence-electron chi connectivity index (χ4n) is 2.89. The molecule has 0 heterocycles. The highest BCUT2D eigenvalue weighted by atomic mass is 79.9. The molecule has 0 aliphatic heterocycles. The van der Waals surface area contributed by atoms with E-state index in [1.54, 1.807) is 0 Å². The first kappa shape index (κ1) is 18.1. The summed E-state index contributed by atoms with van der Waals surface area (Å²) in [6, 6.07) is 0. The molecule has 0 fully saturated rings. The summed E-state index contributed by atoms with van der Waals surface area (Å²) in [6.07, 6.45) is 0. The van der Waals surface area contributed by atoms with Gasteiger partial charge in [0.05, 0.1) is 0 Å². The van der Waals surface area contributed by atoms with Crippen molar-refractivity contribution in [3.63, 3.8) is 0 Å². The monoisotopic (exact) mass is 386 g/mol. The molecule has 0 rings (SSSR count). The molecule has 0 unspecified atom stereocenters. The molecule has 0 aromatic rings. The third-order valence-corrected chi connectivity index (χ3v) is 11.6. The Morgan fingerprint density at radius 1 is 0.824 bits per heavy atom. The Balaban J connectivity index is 4.81. The molecule has 104 valence electrons. The zero-order valence-corrected chi connectivity index (χ0v) is 16.3. The minimum absolute atomic E-state index is 0.582. The van der Waals surface area contributed by atoms with Gasteiger partial charge in [0, 0.05) is 23.2 Å². The van der Waals surface area contributed by atoms with Crippen molar-refractivity contribution in [3.8, 4) is 0 Å². The molecule has 1 nitrogen and oxygen atoms in total. The van der Waals surface area contributed by atoms with Crippen molar-refractivity contribution in [2.45, 2.75) is 58.2 Å². The molecule has 0 saturated carbocycles. The number of alkyl halides is 2. The van der Waals surface area contributed by atoms with Crippen LogP contribution in [0, 0.1) is 5.92 Å². The summed E-state index contributed by atoms with van der Waals surface area (Å²) in [5.41, 5.74) is 2.02. The van der Waals surface area contributed by atoms with E-state index < -0.39 is 8.32 Å². The van der Waals surface area contributed by atoms with Gasteiger partial charge in [-0.25, -0.2) is 0 Å². The predicted octanol–water partition coefficient (Wildman–Crippen LogP) is 5.58. The Labute approximate surface area is 125 Å². The Kier molecular flexibility index (Phi) is 8.89. The van der Waals surface area contributed by atoms with E-state index in [1.807, 2.05) is 0 Å². The summed E-state index contributed by atoms with van der Waals surface area (Å²) in [5.74, 6) is 0.582. The average molecular weight is 388 g/mol. The first-order valence-electron chi connectivity index (χ1n) is 6.58. The van der Waals surface area contributed by atoms with Crippen LogP contribution in [0.25, 0.3) is 0 Å². The molecule has 0 bridgehead atoms. The molecule has 0 aliphatic rings. The lowest BCUT2D eigenvalue weighted by Crippen LogP contribution is -2.48. The van der Waals surface area contributed by atoms with Gasteiger partial charge in [-0.3, -0.25) is 0 Å². The first-order valence-corrected chi connectivity index (χ1v) is 11.0. The highest BCUT2D eigenvalue weighted by Crippen LogP contribution is 2.42. The van der Waals surface area contributed by atoms with Gasteiger partial charge in [-0.05, 0) is 16.6 Å². The van der Waals surface area contributed by atoms with E-state index >= 15 is 0 Å². The summed E-state index contributed by atoms with van der Waals surface area (Å²) in [4.78, 5) is 0. The molecular weight excluding hydrogens is 360 g/mol. The number of hydrogen-bond acceptors (Lipinski definition) is 1. The van der Waals surface area contributed by atoms with Crippen LogP contribution in [-0.2, 0) is 4.43 Å². The van der Waals surface area contributed by atoms with Crippen LogP contribution in [0.2, 0.25) is 16.6 Å². The average Bonchev–Trinajstić information content (AvgIpc) is 2.23. The van der Waals surface area contributed by atoms with E-state index in [0.29, 0.717) is 22.5 Å². The van der Waals surface area contributed by atoms with E-state index in [4.69, 9.17) is 4.43 Å². The summed E-state index contributed by atoms with van der Waals surface area (Å²) in [7, 11) is -1.66. The molecule has 0 aromatic heterocycles. The Hall–Kier alpha value is 1.14. The van der Waals surface area contributed by atoms with Crippen molar-refractivity contribution in [2.75, 3.05) is 17.3 Å². The predicted molar refractivity (Wildman–Crippen MR) is 88.1 cm³/mol. The van der Waals surface area contributed by atoms with Crippen LogP contribution in [0.1, 0.15) is 41.5 Å². The maximum Gasteiger partial charge on any atom is 0.200 e.